The second-order valence-electron chi connectivity index (χ2n) is 5.27. The number of carboxylic acids is 1. The summed E-state index contributed by atoms with van der Waals surface area (Å²) in [6, 6.07) is 0. The molecule has 0 aromatic carbocycles. The summed E-state index contributed by atoms with van der Waals surface area (Å²) >= 11 is 0. The molecule has 1 heterocycles. The maximum atomic E-state index is 10.7. The molecule has 0 aliphatic carbocycles. The van der Waals surface area contributed by atoms with Crippen LogP contribution in [-0.2, 0) is 11.2 Å². The number of hydrogen-bond donors (Lipinski definition) is 1. The average Bonchev–Trinajstić information content (AvgIpc) is 2.61. The van der Waals surface area contributed by atoms with Crippen LogP contribution in [0.2, 0.25) is 0 Å². The highest BCUT2D eigenvalue weighted by Gasteiger charge is 2.25. The van der Waals surface area contributed by atoms with E-state index in [0.717, 1.165) is 6.42 Å². The molecule has 0 saturated heterocycles. The third-order valence-corrected chi connectivity index (χ3v) is 2.80. The molecule has 0 amide bonds. The number of rotatable bonds is 6. The van der Waals surface area contributed by atoms with Crippen molar-refractivity contribution in [1.29, 1.82) is 0 Å². The summed E-state index contributed by atoms with van der Waals surface area (Å²) in [5.41, 5.74) is -0.370. The average molecular weight is 240 g/mol. The van der Waals surface area contributed by atoms with Gasteiger partial charge in [0.05, 0.1) is 6.42 Å². The Hall–Kier alpha value is -1.39. The zero-order valence-electron chi connectivity index (χ0n) is 10.9. The molecule has 1 N–H and O–H groups in total. The van der Waals surface area contributed by atoms with Gasteiger partial charge in [-0.1, -0.05) is 32.9 Å². The van der Waals surface area contributed by atoms with Crippen LogP contribution < -0.4 is 0 Å². The number of hydrogen-bond acceptors (Lipinski definition) is 4. The minimum absolute atomic E-state index is 0.0913. The lowest BCUT2D eigenvalue weighted by Crippen LogP contribution is -2.19. The Morgan fingerprint density at radius 2 is 2.18 bits per heavy atom. The Morgan fingerprint density at radius 1 is 1.53 bits per heavy atom. The Balaban J connectivity index is 2.68. The van der Waals surface area contributed by atoms with E-state index in [1.54, 1.807) is 0 Å². The van der Waals surface area contributed by atoms with E-state index in [1.807, 2.05) is 20.8 Å². The molecule has 0 spiro atoms. The number of aromatic nitrogens is 2. The third kappa shape index (κ3) is 4.17. The van der Waals surface area contributed by atoms with E-state index >= 15 is 0 Å². The third-order valence-electron chi connectivity index (χ3n) is 2.80. The van der Waals surface area contributed by atoms with Gasteiger partial charge in [-0.2, -0.15) is 4.98 Å². The second-order valence-corrected chi connectivity index (χ2v) is 5.27. The van der Waals surface area contributed by atoms with Crippen molar-refractivity contribution in [3.05, 3.63) is 11.7 Å². The molecule has 1 atom stereocenters. The summed E-state index contributed by atoms with van der Waals surface area (Å²) in [5, 5.41) is 12.7. The molecule has 0 fully saturated rings. The van der Waals surface area contributed by atoms with Gasteiger partial charge in [0.15, 0.2) is 5.82 Å². The lowest BCUT2D eigenvalue weighted by Gasteiger charge is -2.19. The first-order valence-corrected chi connectivity index (χ1v) is 5.88. The van der Waals surface area contributed by atoms with Crippen molar-refractivity contribution in [2.45, 2.75) is 52.9 Å². The lowest BCUT2D eigenvalue weighted by molar-refractivity contribution is -0.139. The lowest BCUT2D eigenvalue weighted by atomic mass is 9.86. The van der Waals surface area contributed by atoms with Crippen LogP contribution in [0, 0.1) is 5.41 Å². The molecule has 0 saturated carbocycles. The van der Waals surface area contributed by atoms with Gasteiger partial charge in [-0.3, -0.25) is 4.79 Å². The molecular weight excluding hydrogens is 220 g/mol. The molecule has 0 aliphatic heterocycles. The molecule has 1 rings (SSSR count). The standard InChI is InChI=1S/C12H20N2O3/c1-5-8(2)11-13-9(17-14-11)6-12(3,4)7-10(15)16/h8H,5-7H2,1-4H3,(H,15,16). The Labute approximate surface area is 101 Å². The largest absolute Gasteiger partial charge is 0.481 e. The molecule has 17 heavy (non-hydrogen) atoms. The SMILES string of the molecule is CCC(C)c1noc(CC(C)(C)CC(=O)O)n1. The molecule has 96 valence electrons. The van der Waals surface area contributed by atoms with Crippen LogP contribution in [0.3, 0.4) is 0 Å². The zero-order chi connectivity index (χ0) is 13.1. The molecule has 5 nitrogen and oxygen atoms in total. The Morgan fingerprint density at radius 3 is 2.71 bits per heavy atom. The summed E-state index contributed by atoms with van der Waals surface area (Å²) in [6.07, 6.45) is 1.54. The summed E-state index contributed by atoms with van der Waals surface area (Å²) in [7, 11) is 0. The predicted molar refractivity (Wildman–Crippen MR) is 62.7 cm³/mol. The fraction of sp³-hybridized carbons (Fsp3) is 0.750. The van der Waals surface area contributed by atoms with E-state index in [-0.39, 0.29) is 17.8 Å². The van der Waals surface area contributed by atoms with Crippen molar-refractivity contribution in [1.82, 2.24) is 10.1 Å². The van der Waals surface area contributed by atoms with Crippen LogP contribution in [0.25, 0.3) is 0 Å². The van der Waals surface area contributed by atoms with Crippen LogP contribution in [0.1, 0.15) is 58.2 Å². The first-order chi connectivity index (χ1) is 7.84. The van der Waals surface area contributed by atoms with Gasteiger partial charge in [-0.25, -0.2) is 0 Å². The number of nitrogens with zero attached hydrogens (tertiary/aromatic N) is 2. The van der Waals surface area contributed by atoms with Gasteiger partial charge in [0, 0.05) is 12.3 Å². The maximum Gasteiger partial charge on any atom is 0.303 e. The van der Waals surface area contributed by atoms with Crippen LogP contribution in [0.15, 0.2) is 4.52 Å². The van der Waals surface area contributed by atoms with Crippen LogP contribution in [-0.4, -0.2) is 21.2 Å². The van der Waals surface area contributed by atoms with Crippen molar-refractivity contribution in [2.75, 3.05) is 0 Å². The fourth-order valence-corrected chi connectivity index (χ4v) is 1.60. The molecule has 5 heteroatoms. The molecule has 1 aromatic heterocycles. The van der Waals surface area contributed by atoms with Crippen LogP contribution in [0.5, 0.6) is 0 Å². The van der Waals surface area contributed by atoms with E-state index in [2.05, 4.69) is 17.1 Å². The Kier molecular flexibility index (Phi) is 4.26. The zero-order valence-corrected chi connectivity index (χ0v) is 10.9. The minimum atomic E-state index is -0.809. The number of aliphatic carboxylic acids is 1. The van der Waals surface area contributed by atoms with E-state index in [0.29, 0.717) is 18.1 Å². The molecule has 0 aliphatic rings. The molecular formula is C12H20N2O3. The highest BCUT2D eigenvalue weighted by atomic mass is 16.5. The predicted octanol–water partition coefficient (Wildman–Crippen LogP) is 2.63. The molecule has 1 aromatic rings. The first kappa shape index (κ1) is 13.7. The van der Waals surface area contributed by atoms with E-state index in [4.69, 9.17) is 9.63 Å². The summed E-state index contributed by atoms with van der Waals surface area (Å²) in [6.45, 7) is 7.87. The van der Waals surface area contributed by atoms with E-state index in [1.165, 1.54) is 0 Å². The van der Waals surface area contributed by atoms with Gasteiger partial charge >= 0.3 is 5.97 Å². The van der Waals surface area contributed by atoms with Crippen molar-refractivity contribution >= 4 is 5.97 Å². The van der Waals surface area contributed by atoms with Crippen LogP contribution in [0.4, 0.5) is 0 Å². The maximum absolute atomic E-state index is 10.7. The first-order valence-electron chi connectivity index (χ1n) is 5.88. The topological polar surface area (TPSA) is 76.2 Å². The number of carboxylic acid groups (broad SMARTS) is 1. The van der Waals surface area contributed by atoms with Crippen molar-refractivity contribution in [3.63, 3.8) is 0 Å². The second kappa shape index (κ2) is 5.29. The monoisotopic (exact) mass is 240 g/mol. The number of carbonyl (C=O) groups is 1. The molecule has 1 unspecified atom stereocenters. The quantitative estimate of drug-likeness (QED) is 0.827. The summed E-state index contributed by atoms with van der Waals surface area (Å²) in [5.74, 6) is 0.687. The Bertz CT molecular complexity index is 385. The van der Waals surface area contributed by atoms with Gasteiger partial charge < -0.3 is 9.63 Å². The summed E-state index contributed by atoms with van der Waals surface area (Å²) in [4.78, 5) is 15.0. The minimum Gasteiger partial charge on any atom is -0.481 e. The highest BCUT2D eigenvalue weighted by molar-refractivity contribution is 5.67. The van der Waals surface area contributed by atoms with Gasteiger partial charge in [0.25, 0.3) is 0 Å². The van der Waals surface area contributed by atoms with Crippen molar-refractivity contribution < 1.29 is 14.4 Å². The van der Waals surface area contributed by atoms with Gasteiger partial charge in [-0.05, 0) is 11.8 Å². The smallest absolute Gasteiger partial charge is 0.303 e. The fourth-order valence-electron chi connectivity index (χ4n) is 1.60. The van der Waals surface area contributed by atoms with Crippen molar-refractivity contribution in [3.8, 4) is 0 Å². The van der Waals surface area contributed by atoms with Gasteiger partial charge in [0.1, 0.15) is 0 Å². The normalized spacial score (nSPS) is 13.6. The van der Waals surface area contributed by atoms with Gasteiger partial charge in [0.2, 0.25) is 5.89 Å². The van der Waals surface area contributed by atoms with E-state index in [9.17, 15) is 4.79 Å². The molecule has 0 bridgehead atoms. The highest BCUT2D eigenvalue weighted by Crippen LogP contribution is 2.26. The van der Waals surface area contributed by atoms with Gasteiger partial charge in [-0.15, -0.1) is 0 Å². The van der Waals surface area contributed by atoms with Crippen molar-refractivity contribution in [2.24, 2.45) is 5.41 Å². The summed E-state index contributed by atoms with van der Waals surface area (Å²) < 4.78 is 5.15. The molecule has 0 radical (unpaired) electrons. The van der Waals surface area contributed by atoms with Crippen LogP contribution >= 0.6 is 0 Å². The van der Waals surface area contributed by atoms with E-state index < -0.39 is 5.97 Å².